The zero-order chi connectivity index (χ0) is 37.6. The average Bonchev–Trinajstić information content (AvgIpc) is 3.19. The Balaban J connectivity index is 0.000000142. The molecule has 0 saturated heterocycles. The van der Waals surface area contributed by atoms with Crippen molar-refractivity contribution >= 4 is 82.5 Å². The van der Waals surface area contributed by atoms with E-state index in [0.717, 1.165) is 65.5 Å². The summed E-state index contributed by atoms with van der Waals surface area (Å²) < 4.78 is 0. The van der Waals surface area contributed by atoms with Gasteiger partial charge in [0.05, 0.1) is 11.0 Å². The van der Waals surface area contributed by atoms with E-state index in [1.807, 2.05) is 123 Å². The maximum Gasteiger partial charge on any atom is 0.187 e. The summed E-state index contributed by atoms with van der Waals surface area (Å²) in [7, 11) is 0. The molecule has 0 bridgehead atoms. The van der Waals surface area contributed by atoms with Gasteiger partial charge in [-0.1, -0.05) is 72.8 Å². The summed E-state index contributed by atoms with van der Waals surface area (Å²) in [4.78, 5) is 17.0. The fourth-order valence-electron chi connectivity index (χ4n) is 6.22. The van der Waals surface area contributed by atoms with E-state index >= 15 is 0 Å². The SMILES string of the molecule is Cc1ccc2cccc(O)c2n1.Cc1ccc2cccc(O)c2n1.Oc1ccc2c(ccc3ncccc32)c1.Oc1ccc2c(ccc3ncccc32)c1.[AlH3].[Zn]. The molecule has 4 heterocycles. The predicted octanol–water partition coefficient (Wildman–Crippen LogP) is 9.50. The number of nitrogens with zero attached hydrogens (tertiary/aromatic N) is 4. The Labute approximate surface area is 346 Å². The number of hydrogen-bond acceptors (Lipinski definition) is 8. The van der Waals surface area contributed by atoms with Crippen LogP contribution < -0.4 is 0 Å². The monoisotopic (exact) mass is 802 g/mol. The zero-order valence-electron chi connectivity index (χ0n) is 30.3. The van der Waals surface area contributed by atoms with Crippen LogP contribution in [0.5, 0.6) is 23.0 Å². The van der Waals surface area contributed by atoms with Crippen LogP contribution in [0.25, 0.3) is 65.2 Å². The van der Waals surface area contributed by atoms with Crippen molar-refractivity contribution in [3.05, 3.63) is 169 Å². The molecule has 56 heavy (non-hydrogen) atoms. The molecule has 0 saturated carbocycles. The van der Waals surface area contributed by atoms with Gasteiger partial charge in [-0.05, 0) is 108 Å². The Morgan fingerprint density at radius 2 is 0.804 bits per heavy atom. The van der Waals surface area contributed by atoms with Gasteiger partial charge in [-0.3, -0.25) is 9.97 Å². The van der Waals surface area contributed by atoms with E-state index in [2.05, 4.69) is 19.9 Å². The topological polar surface area (TPSA) is 132 Å². The van der Waals surface area contributed by atoms with Crippen LogP contribution in [-0.4, -0.2) is 57.7 Å². The van der Waals surface area contributed by atoms with Gasteiger partial charge in [0.15, 0.2) is 17.4 Å². The smallest absolute Gasteiger partial charge is 0.187 e. The predicted molar refractivity (Wildman–Crippen MR) is 228 cm³/mol. The Morgan fingerprint density at radius 1 is 0.393 bits per heavy atom. The molecule has 8 nitrogen and oxygen atoms in total. The van der Waals surface area contributed by atoms with E-state index in [0.29, 0.717) is 22.5 Å². The van der Waals surface area contributed by atoms with Crippen LogP contribution in [0.1, 0.15) is 11.4 Å². The number of aromatic hydroxyl groups is 4. The van der Waals surface area contributed by atoms with E-state index < -0.39 is 0 Å². The number of phenolic OH excluding ortho intramolecular Hbond substituents is 4. The number of benzene rings is 6. The van der Waals surface area contributed by atoms with E-state index in [1.54, 1.807) is 48.8 Å². The van der Waals surface area contributed by atoms with E-state index in [-0.39, 0.29) is 48.3 Å². The summed E-state index contributed by atoms with van der Waals surface area (Å²) in [6.45, 7) is 3.82. The molecule has 10 aromatic rings. The molecule has 0 aliphatic rings. The number of pyridine rings is 4. The minimum atomic E-state index is 0. The molecule has 0 aliphatic carbocycles. The zero-order valence-corrected chi connectivity index (χ0v) is 33.3. The summed E-state index contributed by atoms with van der Waals surface area (Å²) in [6, 6.07) is 45.2. The maximum atomic E-state index is 9.43. The van der Waals surface area contributed by atoms with Crippen molar-refractivity contribution in [3.63, 3.8) is 0 Å². The van der Waals surface area contributed by atoms with Crippen LogP contribution in [0, 0.1) is 13.8 Å². The standard InChI is InChI=1S/2C13H9NO.2C10H9NO.Al.Zn.3H/c2*15-10-4-5-11-9(8-10)3-6-13-12(11)2-1-7-14-13;2*1-7-5-6-8-3-2-4-9(12)10(8)11-7;;;;;/h2*1-8,15H;2*2-6,12H,1H3;;;;;. The molecule has 0 amide bonds. The fourth-order valence-corrected chi connectivity index (χ4v) is 6.22. The molecule has 0 unspecified atom stereocenters. The molecule has 0 aliphatic heterocycles. The Hall–Kier alpha value is -6.16. The summed E-state index contributed by atoms with van der Waals surface area (Å²) in [6.07, 6.45) is 3.57. The molecule has 4 aromatic heterocycles. The van der Waals surface area contributed by atoms with Crippen molar-refractivity contribution in [2.24, 2.45) is 0 Å². The average molecular weight is 804 g/mol. The summed E-state index contributed by atoms with van der Waals surface area (Å²) in [5, 5.41) is 46.1. The molecule has 4 N–H and O–H groups in total. The largest absolute Gasteiger partial charge is 0.508 e. The minimum Gasteiger partial charge on any atom is -0.508 e. The van der Waals surface area contributed by atoms with Crippen LogP contribution in [0.2, 0.25) is 0 Å². The van der Waals surface area contributed by atoms with Gasteiger partial charge in [0.25, 0.3) is 0 Å². The van der Waals surface area contributed by atoms with Gasteiger partial charge in [0, 0.05) is 64.8 Å². The molecule has 10 heteroatoms. The first-order valence-electron chi connectivity index (χ1n) is 17.3. The van der Waals surface area contributed by atoms with Crippen LogP contribution in [0.4, 0.5) is 0 Å². The number of fused-ring (bicyclic) bond motifs is 8. The van der Waals surface area contributed by atoms with Gasteiger partial charge in [-0.15, -0.1) is 0 Å². The van der Waals surface area contributed by atoms with Crippen LogP contribution >= 0.6 is 0 Å². The second-order valence-electron chi connectivity index (χ2n) is 12.7. The Bertz CT molecular complexity index is 2750. The summed E-state index contributed by atoms with van der Waals surface area (Å²) in [5.74, 6) is 1.09. The summed E-state index contributed by atoms with van der Waals surface area (Å²) in [5.41, 5.74) is 5.16. The normalized spacial score (nSPS) is 10.3. The molecule has 272 valence electrons. The molecule has 0 atom stereocenters. The second-order valence-corrected chi connectivity index (χ2v) is 12.7. The third-order valence-electron chi connectivity index (χ3n) is 8.85. The van der Waals surface area contributed by atoms with Crippen molar-refractivity contribution in [2.45, 2.75) is 13.8 Å². The van der Waals surface area contributed by atoms with Crippen LogP contribution in [-0.2, 0) is 19.5 Å². The second kappa shape index (κ2) is 18.4. The van der Waals surface area contributed by atoms with Gasteiger partial charge in [0.2, 0.25) is 0 Å². The molecular weight excluding hydrogens is 765 g/mol. The van der Waals surface area contributed by atoms with E-state index in [1.165, 1.54) is 0 Å². The number of hydrogen-bond donors (Lipinski definition) is 4. The molecule has 0 fully saturated rings. The minimum absolute atomic E-state index is 0. The first kappa shape index (κ1) is 41.0. The van der Waals surface area contributed by atoms with Crippen molar-refractivity contribution < 1.29 is 39.9 Å². The molecule has 10 rings (SSSR count). The van der Waals surface area contributed by atoms with E-state index in [4.69, 9.17) is 0 Å². The number of rotatable bonds is 0. The molecule has 6 aromatic carbocycles. The maximum absolute atomic E-state index is 9.43. The molecule has 0 radical (unpaired) electrons. The van der Waals surface area contributed by atoms with Gasteiger partial charge < -0.3 is 20.4 Å². The van der Waals surface area contributed by atoms with Crippen molar-refractivity contribution in [1.29, 1.82) is 0 Å². The number of aromatic nitrogens is 4. The van der Waals surface area contributed by atoms with Crippen molar-refractivity contribution in [2.75, 3.05) is 0 Å². The van der Waals surface area contributed by atoms with Gasteiger partial charge in [-0.25, -0.2) is 9.97 Å². The Morgan fingerprint density at radius 3 is 1.23 bits per heavy atom. The third-order valence-corrected chi connectivity index (χ3v) is 8.85. The number of phenols is 4. The van der Waals surface area contributed by atoms with Crippen molar-refractivity contribution in [1.82, 2.24) is 19.9 Å². The molecular formula is C46H39AlN4O4Zn. The van der Waals surface area contributed by atoms with Crippen LogP contribution in [0.15, 0.2) is 158 Å². The summed E-state index contributed by atoms with van der Waals surface area (Å²) >= 11 is 0. The number of aryl methyl sites for hydroxylation is 2. The quantitative estimate of drug-likeness (QED) is 0.0881. The van der Waals surface area contributed by atoms with Gasteiger partial charge in [0.1, 0.15) is 34.0 Å². The molecule has 0 spiro atoms. The first-order chi connectivity index (χ1) is 26.2. The third kappa shape index (κ3) is 9.37. The van der Waals surface area contributed by atoms with E-state index in [9.17, 15) is 20.4 Å². The van der Waals surface area contributed by atoms with Gasteiger partial charge >= 0.3 is 0 Å². The van der Waals surface area contributed by atoms with Gasteiger partial charge in [-0.2, -0.15) is 0 Å². The fraction of sp³-hybridized carbons (Fsp3) is 0.0435. The number of para-hydroxylation sites is 2. The van der Waals surface area contributed by atoms with Crippen LogP contribution in [0.3, 0.4) is 0 Å². The van der Waals surface area contributed by atoms with Crippen molar-refractivity contribution in [3.8, 4) is 23.0 Å². The first-order valence-corrected chi connectivity index (χ1v) is 17.3. The Kier molecular flexibility index (Phi) is 13.5.